The summed E-state index contributed by atoms with van der Waals surface area (Å²) in [6, 6.07) is 0. The molecule has 6 heavy (non-hydrogen) atoms. The van der Waals surface area contributed by atoms with Crippen LogP contribution in [0.5, 0.6) is 0 Å². The van der Waals surface area contributed by atoms with Gasteiger partial charge in [-0.3, -0.25) is 0 Å². The quantitative estimate of drug-likeness (QED) is 0.496. The third kappa shape index (κ3) is 3.82. The Labute approximate surface area is 34.9 Å². The van der Waals surface area contributed by atoms with Crippen molar-refractivity contribution >= 4 is 0 Å². The Hall–Kier alpha value is -0.180. The minimum atomic E-state index is -2.32. The van der Waals surface area contributed by atoms with Gasteiger partial charge >= 0.3 is 0 Å². The van der Waals surface area contributed by atoms with Gasteiger partial charge in [0.25, 0.3) is 6.43 Å². The molecule has 0 unspecified atom stereocenters. The van der Waals surface area contributed by atoms with Gasteiger partial charge in [0.05, 0.1) is 0 Å². The van der Waals surface area contributed by atoms with Crippen molar-refractivity contribution in [3.8, 4) is 0 Å². The third-order valence-corrected chi connectivity index (χ3v) is 0.293. The summed E-state index contributed by atoms with van der Waals surface area (Å²) in [6.07, 6.45) is -2.32. The summed E-state index contributed by atoms with van der Waals surface area (Å²) in [6.45, 7) is -0.458. The van der Waals surface area contributed by atoms with Gasteiger partial charge in [-0.2, -0.15) is 0 Å². The lowest BCUT2D eigenvalue weighted by Crippen LogP contribution is -1.99. The monoisotopic (exact) mass is 96.0 g/mol. The number of alkyl halides is 2. The van der Waals surface area contributed by atoms with Crippen LogP contribution in [0.3, 0.4) is 0 Å². The van der Waals surface area contributed by atoms with Crippen molar-refractivity contribution in [1.82, 2.24) is 0 Å². The molecule has 0 rings (SSSR count). The molecule has 0 heterocycles. The third-order valence-electron chi connectivity index (χ3n) is 0.293. The summed E-state index contributed by atoms with van der Waals surface area (Å²) < 4.78 is 25.9. The summed E-state index contributed by atoms with van der Waals surface area (Å²) in [7, 11) is 1.24. The molecule has 0 fully saturated rings. The van der Waals surface area contributed by atoms with Crippen molar-refractivity contribution in [3.05, 3.63) is 0 Å². The van der Waals surface area contributed by atoms with E-state index in [1.54, 1.807) is 0 Å². The van der Waals surface area contributed by atoms with E-state index < -0.39 is 13.0 Å². The first-order chi connectivity index (χ1) is 2.77. The number of rotatable bonds is 2. The molecule has 38 valence electrons. The molecule has 0 amide bonds. The van der Waals surface area contributed by atoms with Crippen molar-refractivity contribution in [2.24, 2.45) is 0 Å². The Morgan fingerprint density at radius 2 is 2.17 bits per heavy atom. The molecule has 0 N–H and O–H groups in total. The van der Waals surface area contributed by atoms with Crippen molar-refractivity contribution in [2.45, 2.75) is 6.43 Å². The average molecular weight is 96.1 g/mol. The summed E-state index contributed by atoms with van der Waals surface area (Å²) in [5.41, 5.74) is 0. The molecule has 1 nitrogen and oxygen atoms in total. The van der Waals surface area contributed by atoms with Gasteiger partial charge in [0.15, 0.2) is 0 Å². The van der Waals surface area contributed by atoms with Gasteiger partial charge in [-0.25, -0.2) is 8.78 Å². The molecular weight excluding hydrogens is 90.0 g/mol. The highest BCUT2D eigenvalue weighted by molar-refractivity contribution is 4.27. The molecule has 0 aliphatic rings. The topological polar surface area (TPSA) is 9.23 Å². The maximum Gasteiger partial charge on any atom is 0.261 e. The average Bonchev–Trinajstić information content (AvgIpc) is 1.35. The van der Waals surface area contributed by atoms with E-state index in [1.165, 1.54) is 7.11 Å². The molecule has 0 atom stereocenters. The van der Waals surface area contributed by atoms with E-state index in [9.17, 15) is 8.78 Å². The molecule has 0 bridgehead atoms. The van der Waals surface area contributed by atoms with Crippen LogP contribution in [0.4, 0.5) is 8.78 Å². The second kappa shape index (κ2) is 3.03. The molecular formula is C3H6F2O. The van der Waals surface area contributed by atoms with Crippen LogP contribution in [-0.4, -0.2) is 20.1 Å². The second-order valence-corrected chi connectivity index (χ2v) is 0.846. The molecule has 0 aliphatic carbocycles. The van der Waals surface area contributed by atoms with Crippen molar-refractivity contribution in [2.75, 3.05) is 13.7 Å². The molecule has 0 aromatic heterocycles. The SMILES string of the molecule is COCC(F)F. The van der Waals surface area contributed by atoms with Crippen LogP contribution in [0.1, 0.15) is 0 Å². The highest BCUT2D eigenvalue weighted by Crippen LogP contribution is 1.88. The zero-order valence-corrected chi connectivity index (χ0v) is 3.45. The molecule has 0 spiro atoms. The number of hydrogen-bond donors (Lipinski definition) is 0. The van der Waals surface area contributed by atoms with Crippen molar-refractivity contribution < 1.29 is 13.5 Å². The number of hydrogen-bond acceptors (Lipinski definition) is 1. The van der Waals surface area contributed by atoms with E-state index >= 15 is 0 Å². The Morgan fingerprint density at radius 3 is 2.17 bits per heavy atom. The van der Waals surface area contributed by atoms with Crippen molar-refractivity contribution in [1.29, 1.82) is 0 Å². The van der Waals surface area contributed by atoms with Gasteiger partial charge in [-0.1, -0.05) is 0 Å². The Bertz CT molecular complexity index is 30.0. The largest absolute Gasteiger partial charge is 0.379 e. The van der Waals surface area contributed by atoms with Crippen LogP contribution in [0.2, 0.25) is 0 Å². The second-order valence-electron chi connectivity index (χ2n) is 0.846. The zero-order valence-electron chi connectivity index (χ0n) is 3.45. The minimum absolute atomic E-state index is 0.458. The lowest BCUT2D eigenvalue weighted by Gasteiger charge is -1.90. The Morgan fingerprint density at radius 1 is 1.67 bits per heavy atom. The Kier molecular flexibility index (Phi) is 2.94. The van der Waals surface area contributed by atoms with Gasteiger partial charge < -0.3 is 4.74 Å². The fourth-order valence-electron chi connectivity index (χ4n) is 0.126. The Balaban J connectivity index is 2.63. The van der Waals surface area contributed by atoms with E-state index in [-0.39, 0.29) is 0 Å². The van der Waals surface area contributed by atoms with Gasteiger partial charge in [0, 0.05) is 7.11 Å². The van der Waals surface area contributed by atoms with E-state index in [2.05, 4.69) is 4.74 Å². The van der Waals surface area contributed by atoms with Crippen LogP contribution in [-0.2, 0) is 4.74 Å². The van der Waals surface area contributed by atoms with Crippen LogP contribution >= 0.6 is 0 Å². The lowest BCUT2D eigenvalue weighted by molar-refractivity contribution is 0.0425. The first-order valence-corrected chi connectivity index (χ1v) is 1.54. The van der Waals surface area contributed by atoms with Gasteiger partial charge in [0.2, 0.25) is 0 Å². The maximum absolute atomic E-state index is 10.9. The van der Waals surface area contributed by atoms with E-state index in [4.69, 9.17) is 0 Å². The molecule has 0 aromatic rings. The minimum Gasteiger partial charge on any atom is -0.379 e. The van der Waals surface area contributed by atoms with E-state index in [1.807, 2.05) is 0 Å². The summed E-state index contributed by atoms with van der Waals surface area (Å²) in [5.74, 6) is 0. The molecule has 0 aromatic carbocycles. The number of ether oxygens (including phenoxy) is 1. The summed E-state index contributed by atoms with van der Waals surface area (Å²) in [5, 5.41) is 0. The standard InChI is InChI=1S/C3H6F2O/c1-6-2-3(4)5/h3H,2H2,1H3. The van der Waals surface area contributed by atoms with Crippen LogP contribution in [0.15, 0.2) is 0 Å². The van der Waals surface area contributed by atoms with E-state index in [0.29, 0.717) is 0 Å². The van der Waals surface area contributed by atoms with Crippen molar-refractivity contribution in [3.63, 3.8) is 0 Å². The number of methoxy groups -OCH3 is 1. The summed E-state index contributed by atoms with van der Waals surface area (Å²) in [4.78, 5) is 0. The molecule has 0 saturated heterocycles. The first-order valence-electron chi connectivity index (χ1n) is 1.54. The molecule has 0 saturated carbocycles. The van der Waals surface area contributed by atoms with Gasteiger partial charge in [-0.15, -0.1) is 0 Å². The number of halogens is 2. The molecule has 0 radical (unpaired) electrons. The lowest BCUT2D eigenvalue weighted by atomic mass is 10.8. The fraction of sp³-hybridized carbons (Fsp3) is 1.00. The van der Waals surface area contributed by atoms with Crippen LogP contribution < -0.4 is 0 Å². The van der Waals surface area contributed by atoms with E-state index in [0.717, 1.165) is 0 Å². The van der Waals surface area contributed by atoms with Crippen LogP contribution in [0, 0.1) is 0 Å². The summed E-state index contributed by atoms with van der Waals surface area (Å²) >= 11 is 0. The fourth-order valence-corrected chi connectivity index (χ4v) is 0.126. The highest BCUT2D eigenvalue weighted by atomic mass is 19.3. The molecule has 3 heteroatoms. The van der Waals surface area contributed by atoms with Gasteiger partial charge in [-0.05, 0) is 0 Å². The first kappa shape index (κ1) is 5.82. The van der Waals surface area contributed by atoms with Crippen LogP contribution in [0.25, 0.3) is 0 Å². The predicted molar refractivity (Wildman–Crippen MR) is 17.9 cm³/mol. The zero-order chi connectivity index (χ0) is 4.99. The normalized spacial score (nSPS) is 10.0. The smallest absolute Gasteiger partial charge is 0.261 e. The maximum atomic E-state index is 10.9. The molecule has 0 aliphatic heterocycles. The highest BCUT2D eigenvalue weighted by Gasteiger charge is 1.96. The van der Waals surface area contributed by atoms with Gasteiger partial charge in [0.1, 0.15) is 6.61 Å². The predicted octanol–water partition coefficient (Wildman–Crippen LogP) is 0.898.